The maximum Gasteiger partial charge on any atom is 0.161 e. The van der Waals surface area contributed by atoms with E-state index in [-0.39, 0.29) is 12.4 Å². The summed E-state index contributed by atoms with van der Waals surface area (Å²) in [5.74, 6) is 0.771. The van der Waals surface area contributed by atoms with Crippen LogP contribution in [0.4, 0.5) is 4.39 Å². The van der Waals surface area contributed by atoms with Gasteiger partial charge in [0.1, 0.15) is 12.4 Å². The highest BCUT2D eigenvalue weighted by Gasteiger charge is 2.11. The van der Waals surface area contributed by atoms with E-state index < -0.39 is 0 Å². The number of halogens is 2. The number of hydrogen-bond acceptors (Lipinski definition) is 4. The highest BCUT2D eigenvalue weighted by molar-refractivity contribution is 7.09. The zero-order chi connectivity index (χ0) is 18.4. The predicted octanol–water partition coefficient (Wildman–Crippen LogP) is 5.42. The van der Waals surface area contributed by atoms with Gasteiger partial charge in [-0.05, 0) is 41.3 Å². The number of rotatable bonds is 8. The van der Waals surface area contributed by atoms with E-state index in [1.165, 1.54) is 10.9 Å². The van der Waals surface area contributed by atoms with Crippen LogP contribution in [0.3, 0.4) is 0 Å². The Bertz CT molecular complexity index is 835. The highest BCUT2D eigenvalue weighted by Crippen LogP contribution is 2.30. The lowest BCUT2D eigenvalue weighted by Gasteiger charge is -2.13. The summed E-state index contributed by atoms with van der Waals surface area (Å²) in [6, 6.07) is 14.4. The Morgan fingerprint density at radius 1 is 1.08 bits per heavy atom. The second kappa shape index (κ2) is 9.03. The maximum absolute atomic E-state index is 13.9. The van der Waals surface area contributed by atoms with E-state index in [2.05, 4.69) is 16.8 Å². The van der Waals surface area contributed by atoms with Crippen LogP contribution < -0.4 is 14.8 Å². The van der Waals surface area contributed by atoms with Crippen molar-refractivity contribution >= 4 is 22.9 Å². The van der Waals surface area contributed by atoms with E-state index in [4.69, 9.17) is 21.1 Å². The van der Waals surface area contributed by atoms with Crippen molar-refractivity contribution in [2.45, 2.75) is 19.7 Å². The quantitative estimate of drug-likeness (QED) is 0.556. The molecule has 1 N–H and O–H groups in total. The summed E-state index contributed by atoms with van der Waals surface area (Å²) in [5.41, 5.74) is 1.41. The topological polar surface area (TPSA) is 30.5 Å². The molecule has 0 saturated carbocycles. The molecule has 6 heteroatoms. The molecule has 26 heavy (non-hydrogen) atoms. The third-order valence-corrected chi connectivity index (χ3v) is 5.10. The molecule has 0 spiro atoms. The van der Waals surface area contributed by atoms with Gasteiger partial charge in [-0.25, -0.2) is 4.39 Å². The smallest absolute Gasteiger partial charge is 0.161 e. The van der Waals surface area contributed by atoms with Gasteiger partial charge < -0.3 is 14.8 Å². The molecule has 0 aliphatic carbocycles. The van der Waals surface area contributed by atoms with Crippen LogP contribution in [-0.2, 0) is 19.7 Å². The summed E-state index contributed by atoms with van der Waals surface area (Å²) in [6.07, 6.45) is 0. The Labute approximate surface area is 161 Å². The Kier molecular flexibility index (Phi) is 6.50. The van der Waals surface area contributed by atoms with E-state index in [1.54, 1.807) is 30.6 Å². The van der Waals surface area contributed by atoms with Crippen molar-refractivity contribution in [3.63, 3.8) is 0 Å². The molecule has 0 aliphatic heterocycles. The van der Waals surface area contributed by atoms with Gasteiger partial charge in [0.15, 0.2) is 11.5 Å². The number of benzene rings is 2. The number of thiophene rings is 1. The lowest BCUT2D eigenvalue weighted by molar-refractivity contribution is 0.279. The molecule has 1 aromatic heterocycles. The van der Waals surface area contributed by atoms with Gasteiger partial charge in [-0.2, -0.15) is 0 Å². The Balaban J connectivity index is 1.63. The zero-order valence-corrected chi connectivity index (χ0v) is 15.9. The van der Waals surface area contributed by atoms with Gasteiger partial charge in [-0.15, -0.1) is 11.3 Å². The van der Waals surface area contributed by atoms with Gasteiger partial charge in [-0.1, -0.05) is 29.8 Å². The van der Waals surface area contributed by atoms with Gasteiger partial charge in [0, 0.05) is 23.5 Å². The SMILES string of the molecule is COc1cc(CNCc2cccs2)ccc1OCc1c(F)cccc1Cl. The molecule has 0 radical (unpaired) electrons. The lowest BCUT2D eigenvalue weighted by atomic mass is 10.2. The Hall–Kier alpha value is -2.08. The molecule has 1 heterocycles. The summed E-state index contributed by atoms with van der Waals surface area (Å²) in [6.45, 7) is 1.58. The lowest BCUT2D eigenvalue weighted by Crippen LogP contribution is -2.11. The minimum absolute atomic E-state index is 0.0395. The van der Waals surface area contributed by atoms with Crippen LogP contribution in [0, 0.1) is 5.82 Å². The third-order valence-electron chi connectivity index (χ3n) is 3.87. The number of methoxy groups -OCH3 is 1. The maximum atomic E-state index is 13.9. The van der Waals surface area contributed by atoms with Crippen LogP contribution in [0.1, 0.15) is 16.0 Å². The summed E-state index contributed by atoms with van der Waals surface area (Å²) in [5, 5.41) is 5.80. The highest BCUT2D eigenvalue weighted by atomic mass is 35.5. The van der Waals surface area contributed by atoms with Crippen LogP contribution in [-0.4, -0.2) is 7.11 Å². The summed E-state index contributed by atoms with van der Waals surface area (Å²) in [7, 11) is 1.58. The molecule has 3 nitrogen and oxygen atoms in total. The van der Waals surface area contributed by atoms with Crippen molar-refractivity contribution in [3.05, 3.63) is 80.8 Å². The summed E-state index contributed by atoms with van der Waals surface area (Å²) < 4.78 is 25.0. The van der Waals surface area contributed by atoms with Crippen molar-refractivity contribution in [3.8, 4) is 11.5 Å². The van der Waals surface area contributed by atoms with E-state index in [0.717, 1.165) is 12.1 Å². The Morgan fingerprint density at radius 2 is 1.96 bits per heavy atom. The first-order valence-electron chi connectivity index (χ1n) is 8.13. The van der Waals surface area contributed by atoms with Crippen molar-refractivity contribution in [2.24, 2.45) is 0 Å². The van der Waals surface area contributed by atoms with Crippen molar-refractivity contribution in [1.82, 2.24) is 5.32 Å². The molecule has 0 aliphatic rings. The van der Waals surface area contributed by atoms with Crippen molar-refractivity contribution in [2.75, 3.05) is 7.11 Å². The van der Waals surface area contributed by atoms with Crippen LogP contribution >= 0.6 is 22.9 Å². The summed E-state index contributed by atoms with van der Waals surface area (Å²) in [4.78, 5) is 1.29. The van der Waals surface area contributed by atoms with Gasteiger partial charge in [0.2, 0.25) is 0 Å². The van der Waals surface area contributed by atoms with Crippen molar-refractivity contribution in [1.29, 1.82) is 0 Å². The first-order valence-corrected chi connectivity index (χ1v) is 9.39. The minimum atomic E-state index is -0.383. The fourth-order valence-electron chi connectivity index (χ4n) is 2.50. The second-order valence-corrected chi connectivity index (χ2v) is 7.10. The molecule has 0 atom stereocenters. The van der Waals surface area contributed by atoms with E-state index in [0.29, 0.717) is 28.6 Å². The molecule has 0 bridgehead atoms. The molecule has 136 valence electrons. The molecule has 3 aromatic rings. The fourth-order valence-corrected chi connectivity index (χ4v) is 3.40. The van der Waals surface area contributed by atoms with Gasteiger partial charge in [-0.3, -0.25) is 0 Å². The summed E-state index contributed by atoms with van der Waals surface area (Å²) >= 11 is 7.76. The molecule has 2 aromatic carbocycles. The monoisotopic (exact) mass is 391 g/mol. The van der Waals surface area contributed by atoms with Crippen LogP contribution in [0.2, 0.25) is 5.02 Å². The number of hydrogen-bond donors (Lipinski definition) is 1. The number of ether oxygens (including phenoxy) is 2. The first kappa shape index (κ1) is 18.7. The molecule has 0 saturated heterocycles. The Morgan fingerprint density at radius 3 is 2.69 bits per heavy atom. The van der Waals surface area contributed by atoms with Crippen LogP contribution in [0.15, 0.2) is 53.9 Å². The molecule has 0 amide bonds. The molecule has 3 rings (SSSR count). The first-order chi connectivity index (χ1) is 12.7. The van der Waals surface area contributed by atoms with Gasteiger partial charge >= 0.3 is 0 Å². The van der Waals surface area contributed by atoms with Gasteiger partial charge in [0.25, 0.3) is 0 Å². The van der Waals surface area contributed by atoms with Crippen LogP contribution in [0.25, 0.3) is 0 Å². The predicted molar refractivity (Wildman–Crippen MR) is 104 cm³/mol. The zero-order valence-electron chi connectivity index (χ0n) is 14.3. The fraction of sp³-hybridized carbons (Fsp3) is 0.200. The van der Waals surface area contributed by atoms with E-state index in [9.17, 15) is 4.39 Å². The van der Waals surface area contributed by atoms with E-state index in [1.807, 2.05) is 24.3 Å². The largest absolute Gasteiger partial charge is 0.493 e. The average molecular weight is 392 g/mol. The average Bonchev–Trinajstić information content (AvgIpc) is 3.15. The van der Waals surface area contributed by atoms with Crippen molar-refractivity contribution < 1.29 is 13.9 Å². The van der Waals surface area contributed by atoms with E-state index >= 15 is 0 Å². The molecular formula is C20H19ClFNO2S. The normalized spacial score (nSPS) is 10.7. The van der Waals surface area contributed by atoms with Gasteiger partial charge in [0.05, 0.1) is 12.1 Å². The second-order valence-electron chi connectivity index (χ2n) is 5.66. The number of nitrogens with one attached hydrogen (secondary N) is 1. The van der Waals surface area contributed by atoms with Crippen LogP contribution in [0.5, 0.6) is 11.5 Å². The third kappa shape index (κ3) is 4.75. The molecule has 0 unspecified atom stereocenters. The molecule has 0 fully saturated rings. The standard InChI is InChI=1S/C20H19ClFNO2S/c1-24-20-10-14(11-23-12-15-4-3-9-26-15)7-8-19(20)25-13-16-17(21)5-2-6-18(16)22/h2-10,23H,11-13H2,1H3. The minimum Gasteiger partial charge on any atom is -0.493 e. The molecular weight excluding hydrogens is 373 g/mol.